The van der Waals surface area contributed by atoms with Crippen molar-refractivity contribution < 1.29 is 28.8 Å². The molecule has 160 valence electrons. The van der Waals surface area contributed by atoms with Crippen LogP contribution >= 0.6 is 0 Å². The van der Waals surface area contributed by atoms with E-state index in [4.69, 9.17) is 18.9 Å². The van der Waals surface area contributed by atoms with Gasteiger partial charge in [0.2, 0.25) is 0 Å². The first kappa shape index (κ1) is 21.7. The first-order chi connectivity index (χ1) is 15.1. The predicted molar refractivity (Wildman–Crippen MR) is 112 cm³/mol. The second-order valence-corrected chi connectivity index (χ2v) is 6.04. The van der Waals surface area contributed by atoms with E-state index < -0.39 is 18.9 Å². The van der Waals surface area contributed by atoms with Gasteiger partial charge in [-0.15, -0.1) is 0 Å². The van der Waals surface area contributed by atoms with Gasteiger partial charge in [0.1, 0.15) is 18.1 Å². The number of hydrogen-bond donors (Lipinski definition) is 1. The maximum atomic E-state index is 11.5. The number of benzene rings is 2. The summed E-state index contributed by atoms with van der Waals surface area (Å²) < 4.78 is 21.3. The summed E-state index contributed by atoms with van der Waals surface area (Å²) in [6.07, 6.45) is -0.371. The fourth-order valence-corrected chi connectivity index (χ4v) is 2.70. The molecular formula is C22H21N3O6. The van der Waals surface area contributed by atoms with Crippen LogP contribution in [0.25, 0.3) is 22.8 Å². The topological polar surface area (TPSA) is 113 Å². The minimum absolute atomic E-state index is 0.160. The van der Waals surface area contributed by atoms with E-state index in [9.17, 15) is 9.90 Å². The summed E-state index contributed by atoms with van der Waals surface area (Å²) in [5.74, 6) is 0.845. The van der Waals surface area contributed by atoms with Crippen molar-refractivity contribution in [1.29, 1.82) is 0 Å². The van der Waals surface area contributed by atoms with Gasteiger partial charge in [-0.3, -0.25) is 0 Å². The van der Waals surface area contributed by atoms with Crippen LogP contribution in [0.15, 0.2) is 61.2 Å². The molecule has 0 saturated heterocycles. The summed E-state index contributed by atoms with van der Waals surface area (Å²) in [5.41, 5.74) is 1.19. The van der Waals surface area contributed by atoms with Crippen LogP contribution in [-0.4, -0.2) is 53.1 Å². The molecule has 3 aromatic rings. The molecule has 0 aliphatic heterocycles. The van der Waals surface area contributed by atoms with E-state index in [-0.39, 0.29) is 17.7 Å². The lowest BCUT2D eigenvalue weighted by Gasteiger charge is -2.16. The number of nitrogens with zero attached hydrogens (tertiary/aromatic N) is 3. The van der Waals surface area contributed by atoms with Crippen LogP contribution in [0.1, 0.15) is 0 Å². The van der Waals surface area contributed by atoms with E-state index >= 15 is 0 Å². The monoisotopic (exact) mass is 423 g/mol. The van der Waals surface area contributed by atoms with Crippen LogP contribution in [0.5, 0.6) is 17.5 Å². The Morgan fingerprint density at radius 1 is 0.968 bits per heavy atom. The Balaban J connectivity index is 2.12. The maximum absolute atomic E-state index is 11.5. The third kappa shape index (κ3) is 5.14. The summed E-state index contributed by atoms with van der Waals surface area (Å²) in [4.78, 5) is 24.7. The second kappa shape index (κ2) is 10.2. The number of methoxy groups -OCH3 is 2. The fourth-order valence-electron chi connectivity index (χ4n) is 2.70. The quantitative estimate of drug-likeness (QED) is 0.315. The van der Waals surface area contributed by atoms with Gasteiger partial charge in [0.25, 0.3) is 6.29 Å². The Morgan fingerprint density at radius 2 is 1.48 bits per heavy atom. The maximum Gasteiger partial charge on any atom is 0.333 e. The van der Waals surface area contributed by atoms with Gasteiger partial charge in [-0.2, -0.15) is 9.97 Å². The molecule has 1 atom stereocenters. The van der Waals surface area contributed by atoms with Crippen molar-refractivity contribution in [1.82, 2.24) is 15.0 Å². The number of para-hydroxylation sites is 2. The Kier molecular flexibility index (Phi) is 7.13. The first-order valence-electron chi connectivity index (χ1n) is 9.23. The SMILES string of the molecule is C=CC(=O)OC(CO)Oc1nc(-c2ccccc2OC)nc(-c2ccccc2OC)n1. The lowest BCUT2D eigenvalue weighted by atomic mass is 10.1. The van der Waals surface area contributed by atoms with E-state index in [0.29, 0.717) is 22.6 Å². The molecule has 0 fully saturated rings. The molecule has 9 nitrogen and oxygen atoms in total. The van der Waals surface area contributed by atoms with Crippen molar-refractivity contribution in [2.45, 2.75) is 6.29 Å². The van der Waals surface area contributed by atoms with Gasteiger partial charge in [-0.05, 0) is 24.3 Å². The highest BCUT2D eigenvalue weighted by molar-refractivity contribution is 5.81. The van der Waals surface area contributed by atoms with Gasteiger partial charge < -0.3 is 24.1 Å². The predicted octanol–water partition coefficient (Wildman–Crippen LogP) is 2.65. The summed E-state index contributed by atoms with van der Waals surface area (Å²) in [7, 11) is 3.07. The summed E-state index contributed by atoms with van der Waals surface area (Å²) >= 11 is 0. The molecule has 3 rings (SSSR count). The van der Waals surface area contributed by atoms with E-state index in [0.717, 1.165) is 6.08 Å². The highest BCUT2D eigenvalue weighted by atomic mass is 16.7. The fraction of sp³-hybridized carbons (Fsp3) is 0.182. The third-order valence-electron chi connectivity index (χ3n) is 4.11. The zero-order valence-corrected chi connectivity index (χ0v) is 17.0. The molecule has 1 N–H and O–H groups in total. The molecule has 0 bridgehead atoms. The summed E-state index contributed by atoms with van der Waals surface area (Å²) in [6.45, 7) is 2.71. The lowest BCUT2D eigenvalue weighted by molar-refractivity contribution is -0.163. The van der Waals surface area contributed by atoms with Gasteiger partial charge in [0, 0.05) is 6.08 Å². The van der Waals surface area contributed by atoms with Crippen molar-refractivity contribution in [3.8, 4) is 40.3 Å². The molecule has 1 aromatic heterocycles. The van der Waals surface area contributed by atoms with Gasteiger partial charge in [0.05, 0.1) is 25.3 Å². The molecule has 0 aliphatic carbocycles. The number of ether oxygens (including phenoxy) is 4. The first-order valence-corrected chi connectivity index (χ1v) is 9.23. The molecule has 1 unspecified atom stereocenters. The van der Waals surface area contributed by atoms with Crippen molar-refractivity contribution in [3.63, 3.8) is 0 Å². The number of rotatable bonds is 9. The molecule has 2 aromatic carbocycles. The number of aliphatic hydroxyl groups excluding tert-OH is 1. The zero-order chi connectivity index (χ0) is 22.2. The number of hydrogen-bond acceptors (Lipinski definition) is 9. The number of aliphatic hydroxyl groups is 1. The van der Waals surface area contributed by atoms with Crippen molar-refractivity contribution >= 4 is 5.97 Å². The van der Waals surface area contributed by atoms with Crippen LogP contribution in [0.3, 0.4) is 0 Å². The molecule has 0 saturated carbocycles. The Labute approximate surface area is 178 Å². The number of aromatic nitrogens is 3. The van der Waals surface area contributed by atoms with Crippen LogP contribution in [0.4, 0.5) is 0 Å². The standard InChI is InChI=1S/C22H21N3O6/c1-4-18(27)30-19(13-26)31-22-24-20(14-9-5-7-11-16(14)28-2)23-21(25-22)15-10-6-8-12-17(15)29-3/h4-12,19,26H,1,13H2,2-3H3. The minimum atomic E-state index is -1.33. The number of esters is 1. The molecule has 0 spiro atoms. The molecule has 0 amide bonds. The van der Waals surface area contributed by atoms with E-state index in [2.05, 4.69) is 21.5 Å². The van der Waals surface area contributed by atoms with Crippen LogP contribution in [-0.2, 0) is 9.53 Å². The molecule has 9 heteroatoms. The summed E-state index contributed by atoms with van der Waals surface area (Å²) in [5, 5.41) is 9.52. The molecule has 31 heavy (non-hydrogen) atoms. The van der Waals surface area contributed by atoms with Crippen molar-refractivity contribution in [2.75, 3.05) is 20.8 Å². The van der Waals surface area contributed by atoms with Crippen LogP contribution in [0, 0.1) is 0 Å². The summed E-state index contributed by atoms with van der Waals surface area (Å²) in [6, 6.07) is 14.2. The lowest BCUT2D eigenvalue weighted by Crippen LogP contribution is -2.28. The molecular weight excluding hydrogens is 402 g/mol. The zero-order valence-electron chi connectivity index (χ0n) is 17.0. The Hall–Kier alpha value is -3.98. The third-order valence-corrected chi connectivity index (χ3v) is 4.11. The smallest absolute Gasteiger partial charge is 0.333 e. The second-order valence-electron chi connectivity index (χ2n) is 6.04. The highest BCUT2D eigenvalue weighted by Gasteiger charge is 2.20. The van der Waals surface area contributed by atoms with E-state index in [1.54, 1.807) is 24.3 Å². The van der Waals surface area contributed by atoms with Crippen LogP contribution < -0.4 is 14.2 Å². The van der Waals surface area contributed by atoms with Crippen molar-refractivity contribution in [2.24, 2.45) is 0 Å². The average molecular weight is 423 g/mol. The van der Waals surface area contributed by atoms with Gasteiger partial charge in [0.15, 0.2) is 11.6 Å². The van der Waals surface area contributed by atoms with E-state index in [1.807, 2.05) is 24.3 Å². The van der Waals surface area contributed by atoms with Crippen LogP contribution in [0.2, 0.25) is 0 Å². The highest BCUT2D eigenvalue weighted by Crippen LogP contribution is 2.32. The molecule has 0 radical (unpaired) electrons. The van der Waals surface area contributed by atoms with Gasteiger partial charge in [-0.25, -0.2) is 9.78 Å². The largest absolute Gasteiger partial charge is 0.496 e. The van der Waals surface area contributed by atoms with E-state index in [1.165, 1.54) is 14.2 Å². The minimum Gasteiger partial charge on any atom is -0.496 e. The number of carbonyl (C=O) groups is 1. The molecule has 1 heterocycles. The Morgan fingerprint density at radius 3 is 1.94 bits per heavy atom. The van der Waals surface area contributed by atoms with Gasteiger partial charge in [-0.1, -0.05) is 30.8 Å². The Bertz CT molecular complexity index is 1010. The van der Waals surface area contributed by atoms with Gasteiger partial charge >= 0.3 is 12.0 Å². The molecule has 0 aliphatic rings. The average Bonchev–Trinajstić information content (AvgIpc) is 2.83. The number of carbonyl (C=O) groups excluding carboxylic acids is 1. The van der Waals surface area contributed by atoms with Crippen molar-refractivity contribution in [3.05, 3.63) is 61.2 Å². The normalized spacial score (nSPS) is 11.3.